The molecule has 3 rings (SSSR count). The molecule has 0 heterocycles. The van der Waals surface area contributed by atoms with Gasteiger partial charge in [0.2, 0.25) is 0 Å². The van der Waals surface area contributed by atoms with E-state index in [0.29, 0.717) is 31.9 Å². The number of hydrogen-bond acceptors (Lipinski definition) is 3. The fourth-order valence-electron chi connectivity index (χ4n) is 2.48. The molecule has 0 unspecified atom stereocenters. The van der Waals surface area contributed by atoms with Crippen LogP contribution in [0.4, 0.5) is 5.69 Å². The van der Waals surface area contributed by atoms with E-state index in [1.54, 1.807) is 48.5 Å². The van der Waals surface area contributed by atoms with Crippen LogP contribution in [0.25, 0.3) is 0 Å². The number of thioether (sulfide) groups is 1. The molecule has 0 aliphatic heterocycles. The highest BCUT2D eigenvalue weighted by Crippen LogP contribution is 2.27. The Labute approximate surface area is 192 Å². The second-order valence-corrected chi connectivity index (χ2v) is 8.68. The van der Waals surface area contributed by atoms with Gasteiger partial charge in [0.15, 0.2) is 5.78 Å². The predicted octanol–water partition coefficient (Wildman–Crippen LogP) is 7.53. The van der Waals surface area contributed by atoms with Crippen LogP contribution in [0.5, 0.6) is 0 Å². The van der Waals surface area contributed by atoms with Crippen molar-refractivity contribution < 1.29 is 9.59 Å². The van der Waals surface area contributed by atoms with Crippen LogP contribution in [0, 0.1) is 0 Å². The number of benzene rings is 3. The summed E-state index contributed by atoms with van der Waals surface area (Å²) in [5.41, 5.74) is 1.33. The van der Waals surface area contributed by atoms with Crippen LogP contribution in [0.15, 0.2) is 65.6 Å². The summed E-state index contributed by atoms with van der Waals surface area (Å²) in [6, 6.07) is 16.6. The highest BCUT2D eigenvalue weighted by molar-refractivity contribution is 8.00. The topological polar surface area (TPSA) is 46.2 Å². The van der Waals surface area contributed by atoms with Gasteiger partial charge in [-0.2, -0.15) is 0 Å². The van der Waals surface area contributed by atoms with Crippen molar-refractivity contribution in [2.45, 2.75) is 4.90 Å². The lowest BCUT2D eigenvalue weighted by atomic mass is 10.1. The van der Waals surface area contributed by atoms with Crippen molar-refractivity contribution in [3.63, 3.8) is 0 Å². The number of carbonyl (C=O) groups is 2. The van der Waals surface area contributed by atoms with E-state index in [-0.39, 0.29) is 22.5 Å². The molecule has 3 nitrogen and oxygen atoms in total. The first-order chi connectivity index (χ1) is 13.8. The minimum absolute atomic E-state index is 0.112. The average molecular weight is 485 g/mol. The van der Waals surface area contributed by atoms with E-state index in [1.807, 2.05) is 6.07 Å². The maximum Gasteiger partial charge on any atom is 0.257 e. The fourth-order valence-corrected chi connectivity index (χ4v) is 4.32. The van der Waals surface area contributed by atoms with E-state index in [2.05, 4.69) is 5.32 Å². The number of halogens is 4. The molecular weight excluding hydrogens is 472 g/mol. The number of carbonyl (C=O) groups excluding carboxylic acids is 2. The number of ketones is 1. The molecular formula is C21H13Cl4NO2S. The van der Waals surface area contributed by atoms with Crippen LogP contribution in [0.2, 0.25) is 20.1 Å². The molecule has 29 heavy (non-hydrogen) atoms. The lowest BCUT2D eigenvalue weighted by Crippen LogP contribution is -2.12. The van der Waals surface area contributed by atoms with Gasteiger partial charge in [-0.25, -0.2) is 0 Å². The normalized spacial score (nSPS) is 10.6. The molecule has 3 aromatic carbocycles. The van der Waals surface area contributed by atoms with E-state index in [4.69, 9.17) is 46.4 Å². The third kappa shape index (κ3) is 5.91. The molecule has 0 aliphatic carbocycles. The number of hydrogen-bond donors (Lipinski definition) is 1. The van der Waals surface area contributed by atoms with Crippen molar-refractivity contribution in [3.05, 3.63) is 91.9 Å². The Bertz CT molecular complexity index is 1090. The van der Waals surface area contributed by atoms with E-state index in [0.717, 1.165) is 4.90 Å². The highest BCUT2D eigenvalue weighted by atomic mass is 35.5. The second kappa shape index (κ2) is 9.88. The van der Waals surface area contributed by atoms with Crippen LogP contribution < -0.4 is 5.32 Å². The van der Waals surface area contributed by atoms with Crippen molar-refractivity contribution in [2.75, 3.05) is 11.1 Å². The summed E-state index contributed by atoms with van der Waals surface area (Å²) in [4.78, 5) is 25.7. The molecule has 148 valence electrons. The van der Waals surface area contributed by atoms with Gasteiger partial charge in [-0.3, -0.25) is 9.59 Å². The minimum atomic E-state index is -0.349. The summed E-state index contributed by atoms with van der Waals surface area (Å²) >= 11 is 25.2. The molecule has 1 N–H and O–H groups in total. The predicted molar refractivity (Wildman–Crippen MR) is 122 cm³/mol. The fraction of sp³-hybridized carbons (Fsp3) is 0.0476. The molecule has 0 saturated heterocycles. The van der Waals surface area contributed by atoms with Crippen LogP contribution in [-0.4, -0.2) is 17.4 Å². The Morgan fingerprint density at radius 2 is 1.41 bits per heavy atom. The average Bonchev–Trinajstić information content (AvgIpc) is 2.66. The molecule has 8 heteroatoms. The van der Waals surface area contributed by atoms with Gasteiger partial charge in [-0.05, 0) is 54.6 Å². The number of amides is 1. The Morgan fingerprint density at radius 3 is 2.03 bits per heavy atom. The SMILES string of the molecule is O=C(CSc1cccc(NC(=O)c2ccc(Cl)cc2Cl)c1)c1ccc(Cl)cc1Cl. The monoisotopic (exact) mass is 483 g/mol. The zero-order chi connectivity index (χ0) is 21.0. The van der Waals surface area contributed by atoms with E-state index in [1.165, 1.54) is 17.8 Å². The summed E-state index contributed by atoms with van der Waals surface area (Å²) in [6.07, 6.45) is 0. The van der Waals surface area contributed by atoms with Gasteiger partial charge in [0.25, 0.3) is 5.91 Å². The number of rotatable bonds is 6. The lowest BCUT2D eigenvalue weighted by Gasteiger charge is -2.09. The summed E-state index contributed by atoms with van der Waals surface area (Å²) < 4.78 is 0. The number of nitrogens with one attached hydrogen (secondary N) is 1. The number of Topliss-reactive ketones (excluding diaryl/α,β-unsaturated/α-hetero) is 1. The first-order valence-corrected chi connectivity index (χ1v) is 10.8. The lowest BCUT2D eigenvalue weighted by molar-refractivity contribution is 0.101. The second-order valence-electron chi connectivity index (χ2n) is 5.94. The molecule has 3 aromatic rings. The molecule has 0 aromatic heterocycles. The van der Waals surface area contributed by atoms with Crippen molar-refractivity contribution >= 4 is 75.5 Å². The Balaban J connectivity index is 1.66. The van der Waals surface area contributed by atoms with Crippen LogP contribution in [0.3, 0.4) is 0 Å². The Morgan fingerprint density at radius 1 is 0.793 bits per heavy atom. The van der Waals surface area contributed by atoms with Gasteiger partial charge in [-0.1, -0.05) is 52.5 Å². The van der Waals surface area contributed by atoms with Crippen LogP contribution >= 0.6 is 58.2 Å². The van der Waals surface area contributed by atoms with Gasteiger partial charge in [0.05, 0.1) is 21.4 Å². The highest BCUT2D eigenvalue weighted by Gasteiger charge is 2.13. The van der Waals surface area contributed by atoms with E-state index in [9.17, 15) is 9.59 Å². The van der Waals surface area contributed by atoms with Crippen molar-refractivity contribution in [3.8, 4) is 0 Å². The third-order valence-corrected chi connectivity index (χ3v) is 5.96. The number of anilines is 1. The van der Waals surface area contributed by atoms with Crippen molar-refractivity contribution in [1.82, 2.24) is 0 Å². The quantitative estimate of drug-likeness (QED) is 0.290. The third-order valence-electron chi connectivity index (χ3n) is 3.87. The molecule has 0 atom stereocenters. The molecule has 0 spiro atoms. The zero-order valence-electron chi connectivity index (χ0n) is 14.7. The standard InChI is InChI=1S/C21H13Cl4NO2S/c22-12-4-6-16(18(24)8-12)20(27)11-29-15-3-1-2-14(10-15)26-21(28)17-7-5-13(23)9-19(17)25/h1-10H,11H2,(H,26,28). The summed E-state index contributed by atoms with van der Waals surface area (Å²) in [7, 11) is 0. The smallest absolute Gasteiger partial charge is 0.257 e. The first kappa shape index (κ1) is 22.0. The Hall–Kier alpha value is -1.69. The van der Waals surface area contributed by atoms with E-state index < -0.39 is 0 Å². The van der Waals surface area contributed by atoms with Gasteiger partial charge >= 0.3 is 0 Å². The summed E-state index contributed by atoms with van der Waals surface area (Å²) in [6.45, 7) is 0. The van der Waals surface area contributed by atoms with Gasteiger partial charge < -0.3 is 5.32 Å². The Kier molecular flexibility index (Phi) is 7.49. The zero-order valence-corrected chi connectivity index (χ0v) is 18.6. The minimum Gasteiger partial charge on any atom is -0.322 e. The van der Waals surface area contributed by atoms with Crippen LogP contribution in [-0.2, 0) is 0 Å². The van der Waals surface area contributed by atoms with E-state index >= 15 is 0 Å². The van der Waals surface area contributed by atoms with Crippen molar-refractivity contribution in [2.24, 2.45) is 0 Å². The maximum absolute atomic E-state index is 12.4. The van der Waals surface area contributed by atoms with Gasteiger partial charge in [0, 0.05) is 26.2 Å². The van der Waals surface area contributed by atoms with Gasteiger partial charge in [0.1, 0.15) is 0 Å². The maximum atomic E-state index is 12.4. The van der Waals surface area contributed by atoms with Crippen molar-refractivity contribution in [1.29, 1.82) is 0 Å². The molecule has 0 radical (unpaired) electrons. The molecule has 1 amide bonds. The molecule has 0 saturated carbocycles. The molecule has 0 aliphatic rings. The first-order valence-electron chi connectivity index (χ1n) is 8.31. The van der Waals surface area contributed by atoms with Gasteiger partial charge in [-0.15, -0.1) is 11.8 Å². The summed E-state index contributed by atoms with van der Waals surface area (Å²) in [5.74, 6) is -0.265. The largest absolute Gasteiger partial charge is 0.322 e. The molecule has 0 bridgehead atoms. The molecule has 0 fully saturated rings. The van der Waals surface area contributed by atoms with Crippen LogP contribution in [0.1, 0.15) is 20.7 Å². The summed E-state index contributed by atoms with van der Waals surface area (Å²) in [5, 5.41) is 4.32.